The number of aliphatic hydroxyl groups excluding tert-OH is 1. The van der Waals surface area contributed by atoms with Gasteiger partial charge in [-0.2, -0.15) is 0 Å². The molecular formula is C14H28N2O2. The van der Waals surface area contributed by atoms with Crippen molar-refractivity contribution in [3.63, 3.8) is 0 Å². The minimum atomic E-state index is 0.213. The predicted octanol–water partition coefficient (Wildman–Crippen LogP) is 0.942. The van der Waals surface area contributed by atoms with Crippen molar-refractivity contribution >= 4 is 0 Å². The molecule has 0 saturated carbocycles. The molecule has 0 aliphatic carbocycles. The normalized spacial score (nSPS) is 34.0. The molecule has 2 saturated heterocycles. The number of hydrogen-bond donors (Lipinski definition) is 1. The molecule has 0 aromatic rings. The van der Waals surface area contributed by atoms with Gasteiger partial charge in [-0.3, -0.25) is 9.80 Å². The van der Waals surface area contributed by atoms with E-state index in [2.05, 4.69) is 30.7 Å². The molecule has 18 heavy (non-hydrogen) atoms. The fourth-order valence-electron chi connectivity index (χ4n) is 3.11. The molecule has 0 spiro atoms. The van der Waals surface area contributed by atoms with Crippen LogP contribution in [0.1, 0.15) is 33.1 Å². The molecule has 2 aliphatic heterocycles. The summed E-state index contributed by atoms with van der Waals surface area (Å²) in [6.45, 7) is 8.93. The van der Waals surface area contributed by atoms with Gasteiger partial charge in [0.25, 0.3) is 0 Å². The predicted molar refractivity (Wildman–Crippen MR) is 72.7 cm³/mol. The topological polar surface area (TPSA) is 35.9 Å². The molecular weight excluding hydrogens is 228 g/mol. The highest BCUT2D eigenvalue weighted by atomic mass is 16.5. The number of likely N-dealkylation sites (N-methyl/N-ethyl adjacent to an activating group) is 1. The minimum Gasteiger partial charge on any atom is -0.396 e. The van der Waals surface area contributed by atoms with Crippen LogP contribution in [0.3, 0.4) is 0 Å². The summed E-state index contributed by atoms with van der Waals surface area (Å²) in [4.78, 5) is 4.95. The molecule has 4 nitrogen and oxygen atoms in total. The fraction of sp³-hybridized carbons (Fsp3) is 1.00. The lowest BCUT2D eigenvalue weighted by Crippen LogP contribution is -2.63. The Kier molecular flexibility index (Phi) is 4.64. The van der Waals surface area contributed by atoms with Gasteiger partial charge in [0.05, 0.1) is 6.10 Å². The van der Waals surface area contributed by atoms with E-state index in [1.54, 1.807) is 0 Å². The summed E-state index contributed by atoms with van der Waals surface area (Å²) in [5.41, 5.74) is 0.213. The molecule has 1 N–H and O–H groups in total. The number of rotatable bonds is 4. The van der Waals surface area contributed by atoms with E-state index in [0.717, 1.165) is 32.7 Å². The van der Waals surface area contributed by atoms with Crippen LogP contribution in [0.15, 0.2) is 0 Å². The van der Waals surface area contributed by atoms with Crippen LogP contribution in [0.25, 0.3) is 0 Å². The van der Waals surface area contributed by atoms with Crippen molar-refractivity contribution in [2.45, 2.75) is 50.8 Å². The molecule has 0 aromatic heterocycles. The Labute approximate surface area is 111 Å². The van der Waals surface area contributed by atoms with Crippen molar-refractivity contribution in [3.05, 3.63) is 0 Å². The van der Waals surface area contributed by atoms with Gasteiger partial charge in [-0.05, 0) is 40.2 Å². The fourth-order valence-corrected chi connectivity index (χ4v) is 3.11. The van der Waals surface area contributed by atoms with Crippen LogP contribution in [-0.2, 0) is 4.74 Å². The highest BCUT2D eigenvalue weighted by Gasteiger charge is 2.37. The quantitative estimate of drug-likeness (QED) is 0.812. The van der Waals surface area contributed by atoms with Crippen LogP contribution in [0.2, 0.25) is 0 Å². The van der Waals surface area contributed by atoms with Crippen molar-refractivity contribution in [1.82, 2.24) is 9.80 Å². The largest absolute Gasteiger partial charge is 0.396 e. The summed E-state index contributed by atoms with van der Waals surface area (Å²) in [7, 11) is 2.19. The number of hydrogen-bond acceptors (Lipinski definition) is 4. The molecule has 2 fully saturated rings. The van der Waals surface area contributed by atoms with Crippen LogP contribution < -0.4 is 0 Å². The van der Waals surface area contributed by atoms with Crippen LogP contribution in [0, 0.1) is 0 Å². The first-order valence-corrected chi connectivity index (χ1v) is 7.20. The summed E-state index contributed by atoms with van der Waals surface area (Å²) < 4.78 is 5.76. The van der Waals surface area contributed by atoms with Gasteiger partial charge < -0.3 is 9.84 Å². The second-order valence-corrected chi connectivity index (χ2v) is 6.42. The van der Waals surface area contributed by atoms with E-state index >= 15 is 0 Å². The van der Waals surface area contributed by atoms with E-state index < -0.39 is 0 Å². The zero-order chi connectivity index (χ0) is 13.2. The van der Waals surface area contributed by atoms with E-state index in [1.807, 2.05) is 0 Å². The van der Waals surface area contributed by atoms with Gasteiger partial charge in [-0.25, -0.2) is 0 Å². The molecule has 4 heteroatoms. The third-order valence-electron chi connectivity index (χ3n) is 4.55. The standard InChI is InChI=1S/C14H28N2O2/c1-14(2)11-16(10-13-5-4-8-18-13)12(6-7-17)9-15(14)3/h12-13,17H,4-11H2,1-3H3. The summed E-state index contributed by atoms with van der Waals surface area (Å²) >= 11 is 0. The highest BCUT2D eigenvalue weighted by Crippen LogP contribution is 2.26. The average Bonchev–Trinajstić information content (AvgIpc) is 2.78. The van der Waals surface area contributed by atoms with Crippen molar-refractivity contribution in [2.75, 3.05) is 39.9 Å². The SMILES string of the molecule is CN1CC(CCO)N(CC2CCCO2)CC1(C)C. The van der Waals surface area contributed by atoms with E-state index in [0.29, 0.717) is 12.1 Å². The van der Waals surface area contributed by atoms with Gasteiger partial charge in [0, 0.05) is 44.4 Å². The Morgan fingerprint density at radius 2 is 2.17 bits per heavy atom. The molecule has 106 valence electrons. The molecule has 0 bridgehead atoms. The van der Waals surface area contributed by atoms with E-state index in [4.69, 9.17) is 4.74 Å². The molecule has 2 unspecified atom stereocenters. The maximum atomic E-state index is 9.24. The number of ether oxygens (including phenoxy) is 1. The third kappa shape index (κ3) is 3.23. The van der Waals surface area contributed by atoms with Crippen molar-refractivity contribution in [2.24, 2.45) is 0 Å². The smallest absolute Gasteiger partial charge is 0.0702 e. The zero-order valence-electron chi connectivity index (χ0n) is 12.1. The van der Waals surface area contributed by atoms with Crippen molar-refractivity contribution in [3.8, 4) is 0 Å². The van der Waals surface area contributed by atoms with Gasteiger partial charge in [0.2, 0.25) is 0 Å². The molecule has 2 atom stereocenters. The van der Waals surface area contributed by atoms with Gasteiger partial charge >= 0.3 is 0 Å². The molecule has 0 radical (unpaired) electrons. The third-order valence-corrected chi connectivity index (χ3v) is 4.55. The molecule has 2 aliphatic rings. The first kappa shape index (κ1) is 14.3. The van der Waals surface area contributed by atoms with E-state index in [-0.39, 0.29) is 12.1 Å². The summed E-state index contributed by atoms with van der Waals surface area (Å²) in [6.07, 6.45) is 3.67. The zero-order valence-corrected chi connectivity index (χ0v) is 12.1. The molecule has 2 heterocycles. The first-order valence-electron chi connectivity index (χ1n) is 7.20. The average molecular weight is 256 g/mol. The van der Waals surface area contributed by atoms with Crippen LogP contribution in [0.4, 0.5) is 0 Å². The number of nitrogens with zero attached hydrogens (tertiary/aromatic N) is 2. The van der Waals surface area contributed by atoms with Crippen molar-refractivity contribution in [1.29, 1.82) is 0 Å². The first-order chi connectivity index (χ1) is 8.53. The second-order valence-electron chi connectivity index (χ2n) is 6.42. The maximum Gasteiger partial charge on any atom is 0.0702 e. The lowest BCUT2D eigenvalue weighted by molar-refractivity contribution is -0.0332. The Bertz CT molecular complexity index is 265. The Morgan fingerprint density at radius 3 is 2.78 bits per heavy atom. The summed E-state index contributed by atoms with van der Waals surface area (Å²) in [6, 6.07) is 0.470. The van der Waals surface area contributed by atoms with Gasteiger partial charge in [-0.15, -0.1) is 0 Å². The number of aliphatic hydroxyl groups is 1. The van der Waals surface area contributed by atoms with Crippen LogP contribution in [-0.4, -0.2) is 72.5 Å². The Morgan fingerprint density at radius 1 is 1.39 bits per heavy atom. The second kappa shape index (κ2) is 5.87. The van der Waals surface area contributed by atoms with Crippen molar-refractivity contribution < 1.29 is 9.84 Å². The van der Waals surface area contributed by atoms with E-state index in [1.165, 1.54) is 12.8 Å². The van der Waals surface area contributed by atoms with Gasteiger partial charge in [0.1, 0.15) is 0 Å². The van der Waals surface area contributed by atoms with Crippen LogP contribution in [0.5, 0.6) is 0 Å². The van der Waals surface area contributed by atoms with Crippen LogP contribution >= 0.6 is 0 Å². The maximum absolute atomic E-state index is 9.24. The van der Waals surface area contributed by atoms with Gasteiger partial charge in [-0.1, -0.05) is 0 Å². The highest BCUT2D eigenvalue weighted by molar-refractivity contribution is 4.94. The minimum absolute atomic E-state index is 0.213. The van der Waals surface area contributed by atoms with Gasteiger partial charge in [0.15, 0.2) is 0 Å². The lowest BCUT2D eigenvalue weighted by Gasteiger charge is -2.50. The summed E-state index contributed by atoms with van der Waals surface area (Å²) in [5.74, 6) is 0. The lowest BCUT2D eigenvalue weighted by atomic mass is 9.94. The molecule has 2 rings (SSSR count). The molecule has 0 amide bonds. The Hall–Kier alpha value is -0.160. The molecule has 0 aromatic carbocycles. The summed E-state index contributed by atoms with van der Waals surface area (Å²) in [5, 5.41) is 9.24. The van der Waals surface area contributed by atoms with E-state index in [9.17, 15) is 5.11 Å². The monoisotopic (exact) mass is 256 g/mol. The Balaban J connectivity index is 1.98. The number of piperazine rings is 1.